The van der Waals surface area contributed by atoms with Crippen LogP contribution >= 0.6 is 0 Å². The topological polar surface area (TPSA) is 28.3 Å². The Morgan fingerprint density at radius 2 is 2.32 bits per heavy atom. The zero-order chi connectivity index (χ0) is 18.5. The van der Waals surface area contributed by atoms with E-state index in [-0.39, 0.29) is 0 Å². The third-order valence-electron chi connectivity index (χ3n) is 6.12. The molecule has 3 heteroatoms. The van der Waals surface area contributed by atoms with Crippen LogP contribution in [0.3, 0.4) is 0 Å². The molecule has 0 spiro atoms. The maximum absolute atomic E-state index is 9.48. The Bertz CT molecular complexity index is 884. The van der Waals surface area contributed by atoms with Gasteiger partial charge >= 0.3 is 0 Å². The fourth-order valence-electron chi connectivity index (χ4n) is 4.61. The van der Waals surface area contributed by atoms with Crippen molar-refractivity contribution in [3.8, 4) is 5.75 Å². The Hall–Kier alpha value is -2.00. The summed E-state index contributed by atoms with van der Waals surface area (Å²) in [6, 6.07) is 5.40. The number of piperidine rings is 1. The van der Waals surface area contributed by atoms with Gasteiger partial charge in [0.05, 0.1) is 14.5 Å². The van der Waals surface area contributed by atoms with Crippen molar-refractivity contribution in [1.29, 1.82) is 0 Å². The number of hydrogen-bond donors (Lipinski definition) is 1. The predicted molar refractivity (Wildman–Crippen MR) is 104 cm³/mol. The molecular weight excluding hydrogens is 308 g/mol. The first-order valence-electron chi connectivity index (χ1n) is 9.72. The van der Waals surface area contributed by atoms with Gasteiger partial charge in [-0.3, -0.25) is 4.90 Å². The number of benzene rings is 1. The molecule has 1 saturated heterocycles. The Labute approximate surface area is 151 Å². The highest BCUT2D eigenvalue weighted by Gasteiger charge is 2.39. The number of nitrogens with one attached hydrogen (secondary N) is 1. The molecule has 0 radical (unpaired) electrons. The van der Waals surface area contributed by atoms with Crippen molar-refractivity contribution in [2.75, 3.05) is 20.2 Å². The number of rotatable bonds is 3. The van der Waals surface area contributed by atoms with E-state index in [1.54, 1.807) is 7.11 Å². The molecule has 3 atom stereocenters. The monoisotopic (exact) mass is 337 g/mol. The Balaban J connectivity index is 1.86. The molecule has 3 heterocycles. The summed E-state index contributed by atoms with van der Waals surface area (Å²) >= 11 is 0. The first kappa shape index (κ1) is 15.3. The number of aromatic nitrogens is 1. The van der Waals surface area contributed by atoms with Gasteiger partial charge in [-0.2, -0.15) is 0 Å². The minimum Gasteiger partial charge on any atom is -0.496 e. The summed E-state index contributed by atoms with van der Waals surface area (Å²) in [4.78, 5) is 5.92. The van der Waals surface area contributed by atoms with Crippen molar-refractivity contribution >= 4 is 10.9 Å². The molecular formula is C22H28N2O. The van der Waals surface area contributed by atoms with Crippen LogP contribution in [0, 0.1) is 11.8 Å². The molecule has 3 nitrogen and oxygen atoms in total. The third-order valence-corrected chi connectivity index (χ3v) is 6.12. The lowest BCUT2D eigenvalue weighted by molar-refractivity contribution is 0.0834. The molecule has 0 unspecified atom stereocenters. The molecule has 0 bridgehead atoms. The Morgan fingerprint density at radius 3 is 3.04 bits per heavy atom. The summed E-state index contributed by atoms with van der Waals surface area (Å²) in [5, 5.41) is 1.15. The third kappa shape index (κ3) is 2.53. The van der Waals surface area contributed by atoms with Gasteiger partial charge in [0.25, 0.3) is 0 Å². The highest BCUT2D eigenvalue weighted by atomic mass is 16.5. The zero-order valence-corrected chi connectivity index (χ0v) is 15.4. The minimum absolute atomic E-state index is 0.366. The average Bonchev–Trinajstić information content (AvgIpc) is 3.06. The molecule has 4 rings (SSSR count). The van der Waals surface area contributed by atoms with Gasteiger partial charge in [-0.1, -0.05) is 23.8 Å². The molecule has 0 saturated carbocycles. The normalized spacial score (nSPS) is 30.5. The van der Waals surface area contributed by atoms with Crippen molar-refractivity contribution in [2.45, 2.75) is 32.7 Å². The van der Waals surface area contributed by atoms with Gasteiger partial charge in [0, 0.05) is 29.7 Å². The van der Waals surface area contributed by atoms with Crippen LogP contribution < -0.4 is 4.74 Å². The lowest BCUT2D eigenvalue weighted by atomic mass is 9.75. The summed E-state index contributed by atoms with van der Waals surface area (Å²) in [6.45, 7) is 10.2. The van der Waals surface area contributed by atoms with E-state index >= 15 is 0 Å². The van der Waals surface area contributed by atoms with E-state index in [1.165, 1.54) is 11.1 Å². The molecule has 2 aliphatic heterocycles. The van der Waals surface area contributed by atoms with Gasteiger partial charge in [-0.05, 0) is 56.2 Å². The first-order chi connectivity index (χ1) is 12.5. The van der Waals surface area contributed by atoms with Crippen molar-refractivity contribution in [3.63, 3.8) is 0 Å². The molecule has 2 aromatic rings. The second kappa shape index (κ2) is 6.38. The fraction of sp³-hybridized carbons (Fsp3) is 0.455. The average molecular weight is 337 g/mol. The SMILES string of the molecule is [2H][C@@]12C[C@H](/C(C)=C\C)[C@@H](C=C)CN1CCc1c2[nH]c2cccc(OC)c12. The number of methoxy groups -OCH3 is 1. The number of hydrogen-bond acceptors (Lipinski definition) is 2. The lowest BCUT2D eigenvalue weighted by Crippen LogP contribution is -2.45. The second-order valence-electron chi connectivity index (χ2n) is 7.25. The van der Waals surface area contributed by atoms with Crippen molar-refractivity contribution in [2.24, 2.45) is 11.8 Å². The van der Waals surface area contributed by atoms with E-state index in [0.29, 0.717) is 11.8 Å². The van der Waals surface area contributed by atoms with Crippen molar-refractivity contribution in [1.82, 2.24) is 9.88 Å². The predicted octanol–water partition coefficient (Wildman–Crippen LogP) is 4.86. The molecule has 0 amide bonds. The van der Waals surface area contributed by atoms with E-state index in [2.05, 4.69) is 48.5 Å². The van der Waals surface area contributed by atoms with Crippen LogP contribution in [0.25, 0.3) is 10.9 Å². The maximum atomic E-state index is 9.48. The van der Waals surface area contributed by atoms with Crippen LogP contribution in [0.4, 0.5) is 0 Å². The number of fused-ring (bicyclic) bond motifs is 5. The van der Waals surface area contributed by atoms with Gasteiger partial charge in [0.2, 0.25) is 0 Å². The number of allylic oxidation sites excluding steroid dienone is 2. The van der Waals surface area contributed by atoms with E-state index < -0.39 is 6.02 Å². The smallest absolute Gasteiger partial charge is 0.128 e. The van der Waals surface area contributed by atoms with Gasteiger partial charge in [-0.15, -0.1) is 6.58 Å². The summed E-state index contributed by atoms with van der Waals surface area (Å²) in [5.41, 5.74) is 4.76. The van der Waals surface area contributed by atoms with E-state index in [9.17, 15) is 1.37 Å². The highest BCUT2D eigenvalue weighted by molar-refractivity contribution is 5.91. The fourth-order valence-corrected chi connectivity index (χ4v) is 4.61. The number of aromatic amines is 1. The van der Waals surface area contributed by atoms with E-state index in [4.69, 9.17) is 4.74 Å². The minimum atomic E-state index is -0.716. The second-order valence-corrected chi connectivity index (χ2v) is 7.25. The molecule has 25 heavy (non-hydrogen) atoms. The summed E-state index contributed by atoms with van der Waals surface area (Å²) in [5.74, 6) is 1.67. The highest BCUT2D eigenvalue weighted by Crippen LogP contribution is 2.46. The largest absolute Gasteiger partial charge is 0.496 e. The Kier molecular flexibility index (Phi) is 3.90. The van der Waals surface area contributed by atoms with Gasteiger partial charge in [0.1, 0.15) is 5.75 Å². The molecule has 1 N–H and O–H groups in total. The van der Waals surface area contributed by atoms with Crippen LogP contribution in [-0.4, -0.2) is 30.1 Å². The molecule has 1 fully saturated rings. The van der Waals surface area contributed by atoms with Crippen LogP contribution in [0.1, 0.15) is 38.9 Å². The standard InChI is InChI=1S/C22H28N2O/c1-5-14(3)17-12-19-22-16(10-11-24(19)13-15(17)6-2)21-18(23-22)8-7-9-20(21)25-4/h5-9,15,17,19,23H,2,10-13H2,1,3-4H3/b14-5-/t15-,17+,19-/m0/s1/i19D. The Morgan fingerprint density at radius 1 is 1.48 bits per heavy atom. The van der Waals surface area contributed by atoms with Crippen LogP contribution in [0.5, 0.6) is 5.75 Å². The molecule has 132 valence electrons. The molecule has 1 aromatic heterocycles. The molecule has 1 aromatic carbocycles. The summed E-state index contributed by atoms with van der Waals surface area (Å²) in [7, 11) is 1.72. The lowest BCUT2D eigenvalue weighted by Gasteiger charge is -2.46. The number of H-pyrrole nitrogens is 1. The number of nitrogens with zero attached hydrogens (tertiary/aromatic N) is 1. The molecule has 0 aliphatic carbocycles. The van der Waals surface area contributed by atoms with Gasteiger partial charge < -0.3 is 9.72 Å². The van der Waals surface area contributed by atoms with Gasteiger partial charge in [-0.25, -0.2) is 0 Å². The van der Waals surface area contributed by atoms with Gasteiger partial charge in [0.15, 0.2) is 0 Å². The summed E-state index contributed by atoms with van der Waals surface area (Å²) in [6.07, 6.45) is 6.02. The van der Waals surface area contributed by atoms with Crippen LogP contribution in [0.15, 0.2) is 42.5 Å². The number of ether oxygens (including phenoxy) is 1. The summed E-state index contributed by atoms with van der Waals surface area (Å²) < 4.78 is 15.1. The molecule has 2 aliphatic rings. The zero-order valence-electron chi connectivity index (χ0n) is 16.4. The maximum Gasteiger partial charge on any atom is 0.128 e. The van der Waals surface area contributed by atoms with E-state index in [1.807, 2.05) is 12.1 Å². The van der Waals surface area contributed by atoms with E-state index in [0.717, 1.165) is 48.3 Å². The van der Waals surface area contributed by atoms with Crippen LogP contribution in [-0.2, 0) is 6.42 Å². The quantitative estimate of drug-likeness (QED) is 0.810. The van der Waals surface area contributed by atoms with Crippen molar-refractivity contribution < 1.29 is 6.11 Å². The first-order valence-corrected chi connectivity index (χ1v) is 9.22. The van der Waals surface area contributed by atoms with Crippen LogP contribution in [0.2, 0.25) is 0 Å². The van der Waals surface area contributed by atoms with Crippen molar-refractivity contribution in [3.05, 3.63) is 53.8 Å².